The number of hydrogen-bond donors (Lipinski definition) is 1. The smallest absolute Gasteiger partial charge is 0.433 e. The van der Waals surface area contributed by atoms with E-state index in [2.05, 4.69) is 36.0 Å². The van der Waals surface area contributed by atoms with Crippen molar-refractivity contribution < 1.29 is 27.4 Å². The van der Waals surface area contributed by atoms with Gasteiger partial charge in [-0.05, 0) is 31.0 Å². The van der Waals surface area contributed by atoms with Gasteiger partial charge in [0.25, 0.3) is 5.91 Å². The van der Waals surface area contributed by atoms with E-state index in [9.17, 15) is 18.0 Å². The van der Waals surface area contributed by atoms with Crippen molar-refractivity contribution in [2.45, 2.75) is 39.0 Å². The maximum absolute atomic E-state index is 13.0. The molecule has 1 fully saturated rings. The fraction of sp³-hybridized carbons (Fsp3) is 0.478. The lowest BCUT2D eigenvalue weighted by atomic mass is 9.88. The van der Waals surface area contributed by atoms with E-state index in [0.29, 0.717) is 38.4 Å². The zero-order valence-electron chi connectivity index (χ0n) is 18.3. The average molecular weight is 449 g/mol. The summed E-state index contributed by atoms with van der Waals surface area (Å²) in [7, 11) is 0. The summed E-state index contributed by atoms with van der Waals surface area (Å²) in [6.07, 6.45) is -3.95. The third-order valence-electron chi connectivity index (χ3n) is 6.16. The molecular weight excluding hydrogens is 423 g/mol. The lowest BCUT2D eigenvalue weighted by Gasteiger charge is -2.31. The zero-order valence-corrected chi connectivity index (χ0v) is 18.3. The molecule has 1 atom stereocenters. The Balaban J connectivity index is 1.68. The number of fused-ring (bicyclic) bond motifs is 1. The normalized spacial score (nSPS) is 20.8. The third kappa shape index (κ3) is 4.39. The number of carbonyl (C=O) groups is 1. The number of nitrogens with one attached hydrogen (secondary N) is 1. The first kappa shape index (κ1) is 22.4. The van der Waals surface area contributed by atoms with E-state index in [-0.39, 0.29) is 17.2 Å². The van der Waals surface area contributed by atoms with Crippen molar-refractivity contribution in [3.05, 3.63) is 47.3 Å². The van der Waals surface area contributed by atoms with Gasteiger partial charge in [-0.25, -0.2) is 4.98 Å². The number of carbonyl (C=O) groups excluding carboxylic acids is 1. The Morgan fingerprint density at radius 3 is 2.59 bits per heavy atom. The van der Waals surface area contributed by atoms with E-state index in [1.165, 1.54) is 12.1 Å². The fourth-order valence-electron chi connectivity index (χ4n) is 3.91. The first-order valence-corrected chi connectivity index (χ1v) is 10.6. The molecule has 6 nitrogen and oxygen atoms in total. The van der Waals surface area contributed by atoms with Gasteiger partial charge in [0.2, 0.25) is 0 Å². The summed E-state index contributed by atoms with van der Waals surface area (Å²) in [5.41, 5.74) is 0.457. The molecule has 0 radical (unpaired) electrons. The molecule has 0 aliphatic carbocycles. The molecule has 2 aliphatic heterocycles. The van der Waals surface area contributed by atoms with Crippen LogP contribution in [0.5, 0.6) is 5.75 Å². The number of amides is 1. The maximum atomic E-state index is 13.0. The van der Waals surface area contributed by atoms with Crippen molar-refractivity contribution in [3.63, 3.8) is 0 Å². The molecule has 3 heterocycles. The molecule has 1 aromatic carbocycles. The second-order valence-electron chi connectivity index (χ2n) is 8.68. The van der Waals surface area contributed by atoms with Gasteiger partial charge in [-0.1, -0.05) is 19.9 Å². The van der Waals surface area contributed by atoms with E-state index >= 15 is 0 Å². The van der Waals surface area contributed by atoms with Gasteiger partial charge in [-0.3, -0.25) is 4.79 Å². The van der Waals surface area contributed by atoms with Crippen molar-refractivity contribution in [2.75, 3.05) is 36.5 Å². The molecule has 172 valence electrons. The summed E-state index contributed by atoms with van der Waals surface area (Å²) < 4.78 is 50.8. The number of hydrogen-bond acceptors (Lipinski definition) is 5. The maximum Gasteiger partial charge on any atom is 0.433 e. The van der Waals surface area contributed by atoms with E-state index in [0.717, 1.165) is 23.1 Å². The van der Waals surface area contributed by atoms with Gasteiger partial charge in [0, 0.05) is 31.1 Å². The number of benzene rings is 1. The number of anilines is 2. The number of morpholine rings is 1. The quantitative estimate of drug-likeness (QED) is 0.743. The molecule has 1 saturated heterocycles. The Morgan fingerprint density at radius 1 is 1.22 bits per heavy atom. The first-order valence-electron chi connectivity index (χ1n) is 10.6. The lowest BCUT2D eigenvalue weighted by Crippen LogP contribution is -2.37. The van der Waals surface area contributed by atoms with Crippen LogP contribution in [0.15, 0.2) is 30.3 Å². The first-order chi connectivity index (χ1) is 15.1. The van der Waals surface area contributed by atoms with Gasteiger partial charge in [0.05, 0.1) is 24.6 Å². The van der Waals surface area contributed by atoms with Gasteiger partial charge < -0.3 is 19.7 Å². The van der Waals surface area contributed by atoms with E-state index < -0.39 is 17.8 Å². The minimum absolute atomic E-state index is 0.272. The molecule has 4 rings (SSSR count). The Morgan fingerprint density at radius 2 is 1.94 bits per heavy atom. The van der Waals surface area contributed by atoms with Crippen LogP contribution in [0.4, 0.5) is 24.5 Å². The third-order valence-corrected chi connectivity index (χ3v) is 6.16. The highest BCUT2D eigenvalue weighted by Gasteiger charge is 2.39. The van der Waals surface area contributed by atoms with Crippen molar-refractivity contribution in [1.82, 2.24) is 4.98 Å². The van der Waals surface area contributed by atoms with Crippen LogP contribution in [-0.2, 0) is 17.3 Å². The molecule has 0 spiro atoms. The van der Waals surface area contributed by atoms with Crippen LogP contribution in [0, 0.1) is 5.92 Å². The van der Waals surface area contributed by atoms with E-state index in [1.807, 2.05) is 12.1 Å². The van der Waals surface area contributed by atoms with Gasteiger partial charge in [0.1, 0.15) is 22.7 Å². The second-order valence-corrected chi connectivity index (χ2v) is 8.68. The molecule has 9 heteroatoms. The molecule has 0 unspecified atom stereocenters. The Bertz CT molecular complexity index is 1020. The second kappa shape index (κ2) is 8.27. The summed E-state index contributed by atoms with van der Waals surface area (Å²) in [4.78, 5) is 18.4. The monoisotopic (exact) mass is 449 g/mol. The van der Waals surface area contributed by atoms with Crippen LogP contribution in [0.2, 0.25) is 0 Å². The highest BCUT2D eigenvalue weighted by Crippen LogP contribution is 2.44. The number of rotatable bonds is 4. The van der Waals surface area contributed by atoms with Gasteiger partial charge in [0.15, 0.2) is 0 Å². The standard InChI is InChI=1S/C23H26F3N3O3/c1-14(2)22(3)13-15-11-17(18(12-19(15)32-22)29-7-9-31-10-8-29)28-21(30)16-5-4-6-20(27-16)23(24,25)26/h4-6,11-12,14H,7-10,13H2,1-3H3,(H,28,30)/t22-/m1/s1. The summed E-state index contributed by atoms with van der Waals surface area (Å²) in [6.45, 7) is 8.59. The minimum atomic E-state index is -4.62. The Hall–Kier alpha value is -2.81. The summed E-state index contributed by atoms with van der Waals surface area (Å²) in [5.74, 6) is 0.336. The topological polar surface area (TPSA) is 63.7 Å². The Labute approximate surface area is 184 Å². The van der Waals surface area contributed by atoms with Crippen LogP contribution in [0.25, 0.3) is 0 Å². The Kier molecular flexibility index (Phi) is 5.79. The number of aromatic nitrogens is 1. The summed E-state index contributed by atoms with van der Waals surface area (Å²) in [6, 6.07) is 7.06. The average Bonchev–Trinajstić information content (AvgIpc) is 3.10. The van der Waals surface area contributed by atoms with Crippen molar-refractivity contribution in [2.24, 2.45) is 5.92 Å². The lowest BCUT2D eigenvalue weighted by molar-refractivity contribution is -0.141. The largest absolute Gasteiger partial charge is 0.487 e. The molecule has 2 aliphatic rings. The molecule has 0 saturated carbocycles. The molecular formula is C23H26F3N3O3. The highest BCUT2D eigenvalue weighted by molar-refractivity contribution is 6.05. The van der Waals surface area contributed by atoms with E-state index in [1.54, 1.807) is 0 Å². The number of ether oxygens (including phenoxy) is 2. The fourth-order valence-corrected chi connectivity index (χ4v) is 3.91. The summed E-state index contributed by atoms with van der Waals surface area (Å²) in [5, 5.41) is 2.78. The van der Waals surface area contributed by atoms with Crippen LogP contribution in [0.1, 0.15) is 42.5 Å². The molecule has 2 aromatic rings. The molecule has 1 aromatic heterocycles. The van der Waals surface area contributed by atoms with Crippen LogP contribution >= 0.6 is 0 Å². The van der Waals surface area contributed by atoms with E-state index in [4.69, 9.17) is 9.47 Å². The highest BCUT2D eigenvalue weighted by atomic mass is 19.4. The zero-order chi connectivity index (χ0) is 23.1. The van der Waals surface area contributed by atoms with Crippen LogP contribution in [-0.4, -0.2) is 42.8 Å². The van der Waals surface area contributed by atoms with Crippen LogP contribution in [0.3, 0.4) is 0 Å². The van der Waals surface area contributed by atoms with Crippen molar-refractivity contribution >= 4 is 17.3 Å². The molecule has 1 N–H and O–H groups in total. The number of halogens is 3. The molecule has 32 heavy (non-hydrogen) atoms. The minimum Gasteiger partial charge on any atom is -0.487 e. The van der Waals surface area contributed by atoms with Crippen molar-refractivity contribution in [3.8, 4) is 5.75 Å². The SMILES string of the molecule is CC(C)[C@@]1(C)Cc2cc(NC(=O)c3cccc(C(F)(F)F)n3)c(N3CCOCC3)cc2O1. The predicted molar refractivity (Wildman–Crippen MR) is 114 cm³/mol. The van der Waals surface area contributed by atoms with Crippen LogP contribution < -0.4 is 15.0 Å². The number of pyridine rings is 1. The molecule has 1 amide bonds. The number of alkyl halides is 3. The predicted octanol–water partition coefficient (Wildman–Crippen LogP) is 4.54. The number of nitrogens with zero attached hydrogens (tertiary/aromatic N) is 2. The van der Waals surface area contributed by atoms with Crippen molar-refractivity contribution in [1.29, 1.82) is 0 Å². The van der Waals surface area contributed by atoms with Gasteiger partial charge in [-0.15, -0.1) is 0 Å². The van der Waals surface area contributed by atoms with Gasteiger partial charge >= 0.3 is 6.18 Å². The van der Waals surface area contributed by atoms with Gasteiger partial charge in [-0.2, -0.15) is 13.2 Å². The molecule has 0 bridgehead atoms. The summed E-state index contributed by atoms with van der Waals surface area (Å²) >= 11 is 0.